The molecule has 0 spiro atoms. The summed E-state index contributed by atoms with van der Waals surface area (Å²) in [5, 5.41) is 2.45. The van der Waals surface area contributed by atoms with Gasteiger partial charge in [0.2, 0.25) is 5.76 Å². The molecule has 1 heterocycles. The van der Waals surface area contributed by atoms with Gasteiger partial charge in [0.05, 0.1) is 6.54 Å². The van der Waals surface area contributed by atoms with Gasteiger partial charge in [-0.15, -0.1) is 6.42 Å². The fraction of sp³-hybridized carbons (Fsp3) is 0.375. The topological polar surface area (TPSA) is 47.6 Å². The second-order valence-corrected chi connectivity index (χ2v) is 2.09. The van der Waals surface area contributed by atoms with Crippen LogP contribution in [0.1, 0.15) is 0 Å². The minimum absolute atomic E-state index is 0.177. The van der Waals surface area contributed by atoms with Gasteiger partial charge < -0.3 is 14.8 Å². The molecule has 4 nitrogen and oxygen atoms in total. The Morgan fingerprint density at radius 2 is 2.58 bits per heavy atom. The van der Waals surface area contributed by atoms with E-state index in [9.17, 15) is 4.79 Å². The zero-order valence-electron chi connectivity index (χ0n) is 6.50. The number of nitrogens with one attached hydrogen (secondary N) is 1. The lowest BCUT2D eigenvalue weighted by Crippen LogP contribution is -2.28. The van der Waals surface area contributed by atoms with E-state index in [1.165, 1.54) is 6.26 Å². The van der Waals surface area contributed by atoms with Gasteiger partial charge in [-0.05, 0) is 0 Å². The van der Waals surface area contributed by atoms with Crippen molar-refractivity contribution in [3.63, 3.8) is 0 Å². The Kier molecular flexibility index (Phi) is 3.03. The van der Waals surface area contributed by atoms with Gasteiger partial charge in [-0.3, -0.25) is 4.79 Å². The molecule has 4 heteroatoms. The molecule has 0 aromatic carbocycles. The van der Waals surface area contributed by atoms with Gasteiger partial charge in [-0.25, -0.2) is 0 Å². The lowest BCUT2D eigenvalue weighted by Gasteiger charge is -2.14. The van der Waals surface area contributed by atoms with E-state index in [0.717, 1.165) is 0 Å². The predicted octanol–water partition coefficient (Wildman–Crippen LogP) is -0.376. The molecular formula is C8H9NO3. The third-order valence-electron chi connectivity index (χ3n) is 1.22. The number of hydrogen-bond acceptors (Lipinski definition) is 3. The van der Waals surface area contributed by atoms with Crippen LogP contribution in [0.3, 0.4) is 0 Å². The van der Waals surface area contributed by atoms with Gasteiger partial charge in [0.1, 0.15) is 19.5 Å². The second kappa shape index (κ2) is 4.29. The van der Waals surface area contributed by atoms with Gasteiger partial charge in [0.15, 0.2) is 0 Å². The van der Waals surface area contributed by atoms with Crippen molar-refractivity contribution < 1.29 is 14.3 Å². The van der Waals surface area contributed by atoms with E-state index >= 15 is 0 Å². The van der Waals surface area contributed by atoms with Crippen molar-refractivity contribution >= 4 is 5.91 Å². The molecule has 1 N–H and O–H groups in total. The first-order chi connectivity index (χ1) is 5.84. The van der Waals surface area contributed by atoms with Crippen LogP contribution in [0.25, 0.3) is 0 Å². The summed E-state index contributed by atoms with van der Waals surface area (Å²) in [5.41, 5.74) is 0. The first kappa shape index (κ1) is 8.47. The Hall–Kier alpha value is -1.63. The van der Waals surface area contributed by atoms with Crippen molar-refractivity contribution in [2.24, 2.45) is 0 Å². The van der Waals surface area contributed by atoms with E-state index in [1.54, 1.807) is 0 Å². The third kappa shape index (κ3) is 2.20. The van der Waals surface area contributed by atoms with Crippen LogP contribution in [0.15, 0.2) is 12.0 Å². The Morgan fingerprint density at radius 3 is 3.17 bits per heavy atom. The van der Waals surface area contributed by atoms with Crippen LogP contribution in [0.5, 0.6) is 0 Å². The highest BCUT2D eigenvalue weighted by molar-refractivity contribution is 5.91. The summed E-state index contributed by atoms with van der Waals surface area (Å²) in [5.74, 6) is 2.12. The number of amides is 1. The number of rotatable bonds is 2. The second-order valence-electron chi connectivity index (χ2n) is 2.09. The molecule has 0 aliphatic carbocycles. The Morgan fingerprint density at radius 1 is 1.75 bits per heavy atom. The normalized spacial score (nSPS) is 14.8. The van der Waals surface area contributed by atoms with Crippen molar-refractivity contribution in [3.8, 4) is 12.3 Å². The average Bonchev–Trinajstić information content (AvgIpc) is 2.15. The number of terminal acetylenes is 1. The average molecular weight is 167 g/mol. The van der Waals surface area contributed by atoms with Crippen LogP contribution < -0.4 is 5.32 Å². The maximum absolute atomic E-state index is 11.1. The fourth-order valence-electron chi connectivity index (χ4n) is 0.706. The summed E-state index contributed by atoms with van der Waals surface area (Å²) in [6.45, 7) is 1.07. The molecule has 12 heavy (non-hydrogen) atoms. The molecule has 1 amide bonds. The molecule has 0 saturated heterocycles. The van der Waals surface area contributed by atoms with Gasteiger partial charge in [-0.2, -0.15) is 0 Å². The summed E-state index contributed by atoms with van der Waals surface area (Å²) < 4.78 is 9.88. The predicted molar refractivity (Wildman–Crippen MR) is 41.8 cm³/mol. The zero-order chi connectivity index (χ0) is 8.81. The minimum Gasteiger partial charge on any atom is -0.494 e. The van der Waals surface area contributed by atoms with Crippen LogP contribution in [0, 0.1) is 12.3 Å². The number of ether oxygens (including phenoxy) is 2. The van der Waals surface area contributed by atoms with E-state index in [0.29, 0.717) is 13.2 Å². The van der Waals surface area contributed by atoms with Crippen LogP contribution in [-0.2, 0) is 14.3 Å². The summed E-state index contributed by atoms with van der Waals surface area (Å²) in [6, 6.07) is 0. The van der Waals surface area contributed by atoms with Crippen LogP contribution in [-0.4, -0.2) is 25.7 Å². The molecule has 1 rings (SSSR count). The monoisotopic (exact) mass is 167 g/mol. The minimum atomic E-state index is -0.340. The van der Waals surface area contributed by atoms with Crippen LogP contribution in [0.2, 0.25) is 0 Å². The molecule has 64 valence electrons. The maximum atomic E-state index is 11.1. The lowest BCUT2D eigenvalue weighted by molar-refractivity contribution is -0.122. The molecule has 1 aliphatic heterocycles. The summed E-state index contributed by atoms with van der Waals surface area (Å²) in [7, 11) is 0. The number of hydrogen-bond donors (Lipinski definition) is 1. The van der Waals surface area contributed by atoms with Crippen LogP contribution >= 0.6 is 0 Å². The van der Waals surface area contributed by atoms with Gasteiger partial charge in [0, 0.05) is 0 Å². The summed E-state index contributed by atoms with van der Waals surface area (Å²) >= 11 is 0. The quantitative estimate of drug-likeness (QED) is 0.570. The van der Waals surface area contributed by atoms with E-state index in [-0.39, 0.29) is 18.2 Å². The fourth-order valence-corrected chi connectivity index (χ4v) is 0.706. The van der Waals surface area contributed by atoms with E-state index in [2.05, 4.69) is 11.2 Å². The van der Waals surface area contributed by atoms with Gasteiger partial charge >= 0.3 is 0 Å². The van der Waals surface area contributed by atoms with Crippen molar-refractivity contribution in [1.29, 1.82) is 0 Å². The number of carbonyl (C=O) groups excluding carboxylic acids is 1. The molecule has 0 aromatic heterocycles. The SMILES string of the molecule is C#CCNC(=O)C1=COCCO1. The molecule has 0 bridgehead atoms. The van der Waals surface area contributed by atoms with Gasteiger partial charge in [-0.1, -0.05) is 5.92 Å². The molecule has 0 fully saturated rings. The van der Waals surface area contributed by atoms with Crippen molar-refractivity contribution in [3.05, 3.63) is 12.0 Å². The largest absolute Gasteiger partial charge is 0.494 e. The first-order valence-corrected chi connectivity index (χ1v) is 3.51. The molecule has 0 atom stereocenters. The van der Waals surface area contributed by atoms with Crippen molar-refractivity contribution in [1.82, 2.24) is 5.32 Å². The first-order valence-electron chi connectivity index (χ1n) is 3.51. The molecule has 0 radical (unpaired) electrons. The lowest BCUT2D eigenvalue weighted by atomic mass is 10.4. The van der Waals surface area contributed by atoms with Crippen molar-refractivity contribution in [2.75, 3.05) is 19.8 Å². The molecular weight excluding hydrogens is 158 g/mol. The Balaban J connectivity index is 2.41. The number of carbonyl (C=O) groups is 1. The molecule has 1 aliphatic rings. The van der Waals surface area contributed by atoms with E-state index in [4.69, 9.17) is 15.9 Å². The van der Waals surface area contributed by atoms with E-state index in [1.807, 2.05) is 0 Å². The summed E-state index contributed by atoms with van der Waals surface area (Å²) in [4.78, 5) is 11.1. The standard InChI is InChI=1S/C8H9NO3/c1-2-3-9-8(10)7-6-11-4-5-12-7/h1,6H,3-5H2,(H,9,10). The van der Waals surface area contributed by atoms with E-state index < -0.39 is 0 Å². The maximum Gasteiger partial charge on any atom is 0.290 e. The smallest absolute Gasteiger partial charge is 0.290 e. The molecule has 0 aromatic rings. The van der Waals surface area contributed by atoms with Crippen LogP contribution in [0.4, 0.5) is 0 Å². The highest BCUT2D eigenvalue weighted by Crippen LogP contribution is 2.03. The molecule has 0 saturated carbocycles. The zero-order valence-corrected chi connectivity index (χ0v) is 6.50. The third-order valence-corrected chi connectivity index (χ3v) is 1.22. The van der Waals surface area contributed by atoms with Crippen molar-refractivity contribution in [2.45, 2.75) is 0 Å². The molecule has 0 unspecified atom stereocenters. The highest BCUT2D eigenvalue weighted by atomic mass is 16.6. The summed E-state index contributed by atoms with van der Waals surface area (Å²) in [6.07, 6.45) is 6.24. The highest BCUT2D eigenvalue weighted by Gasteiger charge is 2.13. The Labute approximate surface area is 70.5 Å². The van der Waals surface area contributed by atoms with Gasteiger partial charge in [0.25, 0.3) is 5.91 Å². The Bertz CT molecular complexity index is 239.